The number of nitrogens with zero attached hydrogens (tertiary/aromatic N) is 2. The molecule has 0 radical (unpaired) electrons. The Labute approximate surface area is 197 Å². The standard InChI is InChI=1S/C27H24N2O3S/c1-17-9-11-18(12-10-17)21-15-24(33-3)26(32-27(30)31-2)25-20(21)13-14-23-22(25)16-29(28-23)19-7-5-4-6-8-19/h4-12,15-16H,13-14H2,1-3H3. The third kappa shape index (κ3) is 3.91. The summed E-state index contributed by atoms with van der Waals surface area (Å²) >= 11 is 1.55. The molecule has 5 rings (SSSR count). The Balaban J connectivity index is 1.76. The number of rotatable bonds is 4. The minimum Gasteiger partial charge on any atom is -0.437 e. The summed E-state index contributed by atoms with van der Waals surface area (Å²) in [6.45, 7) is 2.09. The number of carbonyl (C=O) groups excluding carboxylic acids is 1. The molecule has 0 amide bonds. The Bertz CT molecular complexity index is 1330. The minimum absolute atomic E-state index is 0.536. The Morgan fingerprint density at radius 2 is 1.79 bits per heavy atom. The van der Waals surface area contributed by atoms with E-state index >= 15 is 0 Å². The maximum absolute atomic E-state index is 12.2. The predicted octanol–water partition coefficient (Wildman–Crippen LogP) is 6.48. The van der Waals surface area contributed by atoms with Crippen LogP contribution >= 0.6 is 11.8 Å². The Kier molecular flexibility index (Phi) is 5.68. The second-order valence-corrected chi connectivity index (χ2v) is 8.85. The van der Waals surface area contributed by atoms with Crippen LogP contribution in [0.1, 0.15) is 16.8 Å². The Morgan fingerprint density at radius 1 is 1.03 bits per heavy atom. The van der Waals surface area contributed by atoms with Crippen LogP contribution in [0.3, 0.4) is 0 Å². The van der Waals surface area contributed by atoms with E-state index in [1.807, 2.05) is 47.5 Å². The zero-order valence-corrected chi connectivity index (χ0v) is 19.6. The Morgan fingerprint density at radius 3 is 2.48 bits per heavy atom. The van der Waals surface area contributed by atoms with Gasteiger partial charge in [0.2, 0.25) is 0 Å². The van der Waals surface area contributed by atoms with Gasteiger partial charge in [0.15, 0.2) is 5.75 Å². The molecular weight excluding hydrogens is 432 g/mol. The zero-order chi connectivity index (χ0) is 22.9. The van der Waals surface area contributed by atoms with E-state index in [0.29, 0.717) is 5.75 Å². The third-order valence-electron chi connectivity index (χ3n) is 5.98. The van der Waals surface area contributed by atoms with Crippen LogP contribution in [-0.4, -0.2) is 29.3 Å². The number of thioether (sulfide) groups is 1. The van der Waals surface area contributed by atoms with E-state index in [4.69, 9.17) is 14.6 Å². The molecule has 4 aromatic rings. The van der Waals surface area contributed by atoms with Crippen LogP contribution in [-0.2, 0) is 17.6 Å². The van der Waals surface area contributed by atoms with Gasteiger partial charge in [0.25, 0.3) is 0 Å². The minimum atomic E-state index is -0.724. The predicted molar refractivity (Wildman–Crippen MR) is 131 cm³/mol. The van der Waals surface area contributed by atoms with Crippen molar-refractivity contribution in [3.63, 3.8) is 0 Å². The maximum Gasteiger partial charge on any atom is 0.513 e. The highest BCUT2D eigenvalue weighted by Gasteiger charge is 2.29. The van der Waals surface area contributed by atoms with Gasteiger partial charge in [-0.3, -0.25) is 0 Å². The van der Waals surface area contributed by atoms with E-state index < -0.39 is 6.16 Å². The molecule has 0 saturated heterocycles. The number of benzene rings is 3. The van der Waals surface area contributed by atoms with Gasteiger partial charge >= 0.3 is 6.16 Å². The van der Waals surface area contributed by atoms with Gasteiger partial charge in [-0.05, 0) is 60.9 Å². The summed E-state index contributed by atoms with van der Waals surface area (Å²) in [4.78, 5) is 13.1. The van der Waals surface area contributed by atoms with Crippen molar-refractivity contribution in [2.45, 2.75) is 24.7 Å². The molecule has 0 atom stereocenters. The quantitative estimate of drug-likeness (QED) is 0.200. The number of methoxy groups -OCH3 is 1. The molecule has 1 aliphatic carbocycles. The average Bonchev–Trinajstić information content (AvgIpc) is 3.29. The topological polar surface area (TPSA) is 53.4 Å². The monoisotopic (exact) mass is 456 g/mol. The number of para-hydroxylation sites is 1. The number of ether oxygens (including phenoxy) is 2. The first-order valence-electron chi connectivity index (χ1n) is 10.8. The van der Waals surface area contributed by atoms with E-state index in [1.54, 1.807) is 11.8 Å². The van der Waals surface area contributed by atoms with Crippen LogP contribution in [0.5, 0.6) is 5.75 Å². The summed E-state index contributed by atoms with van der Waals surface area (Å²) in [5.41, 5.74) is 8.58. The fourth-order valence-corrected chi connectivity index (χ4v) is 4.92. The van der Waals surface area contributed by atoms with Crippen molar-refractivity contribution in [3.05, 3.63) is 83.7 Å². The smallest absolute Gasteiger partial charge is 0.437 e. The molecule has 0 fully saturated rings. The SMILES string of the molecule is COC(=O)Oc1c(SC)cc(-c2ccc(C)cc2)c2c1-c1cn(-c3ccccc3)nc1CC2. The van der Waals surface area contributed by atoms with Crippen molar-refractivity contribution in [1.29, 1.82) is 0 Å². The average molecular weight is 457 g/mol. The molecule has 0 saturated carbocycles. The summed E-state index contributed by atoms with van der Waals surface area (Å²) in [7, 11) is 1.33. The van der Waals surface area contributed by atoms with Gasteiger partial charge in [-0.15, -0.1) is 11.8 Å². The highest BCUT2D eigenvalue weighted by Crippen LogP contribution is 2.48. The van der Waals surface area contributed by atoms with Crippen molar-refractivity contribution in [3.8, 4) is 33.7 Å². The molecule has 0 unspecified atom stereocenters. The number of hydrogen-bond acceptors (Lipinski definition) is 5. The van der Waals surface area contributed by atoms with Crippen LogP contribution in [0.25, 0.3) is 27.9 Å². The highest BCUT2D eigenvalue weighted by atomic mass is 32.2. The van der Waals surface area contributed by atoms with Gasteiger partial charge < -0.3 is 9.47 Å². The number of fused-ring (bicyclic) bond motifs is 3. The van der Waals surface area contributed by atoms with Crippen LogP contribution < -0.4 is 4.74 Å². The molecule has 5 nitrogen and oxygen atoms in total. The molecule has 0 spiro atoms. The molecule has 166 valence electrons. The van der Waals surface area contributed by atoms with Gasteiger partial charge in [-0.25, -0.2) is 9.48 Å². The summed E-state index contributed by atoms with van der Waals surface area (Å²) in [5, 5.41) is 4.87. The van der Waals surface area contributed by atoms with Gasteiger partial charge in [-0.1, -0.05) is 48.0 Å². The molecule has 33 heavy (non-hydrogen) atoms. The number of aromatic nitrogens is 2. The van der Waals surface area contributed by atoms with Crippen molar-refractivity contribution < 1.29 is 14.3 Å². The van der Waals surface area contributed by atoms with Crippen LogP contribution in [0.4, 0.5) is 4.79 Å². The fraction of sp³-hybridized carbons (Fsp3) is 0.185. The lowest BCUT2D eigenvalue weighted by Gasteiger charge is -2.24. The van der Waals surface area contributed by atoms with Crippen molar-refractivity contribution >= 4 is 17.9 Å². The van der Waals surface area contributed by atoms with E-state index in [9.17, 15) is 4.79 Å². The zero-order valence-electron chi connectivity index (χ0n) is 18.8. The van der Waals surface area contributed by atoms with Crippen molar-refractivity contribution in [2.75, 3.05) is 13.4 Å². The molecule has 3 aromatic carbocycles. The summed E-state index contributed by atoms with van der Waals surface area (Å²) in [5.74, 6) is 0.536. The lowest BCUT2D eigenvalue weighted by atomic mass is 9.84. The molecule has 1 aliphatic rings. The highest BCUT2D eigenvalue weighted by molar-refractivity contribution is 7.98. The van der Waals surface area contributed by atoms with Gasteiger partial charge in [-0.2, -0.15) is 5.10 Å². The second kappa shape index (κ2) is 8.79. The normalized spacial score (nSPS) is 12.1. The second-order valence-electron chi connectivity index (χ2n) is 8.00. The van der Waals surface area contributed by atoms with Crippen LogP contribution in [0.15, 0.2) is 71.8 Å². The Hall–Kier alpha value is -3.51. The molecule has 0 N–H and O–H groups in total. The van der Waals surface area contributed by atoms with Crippen LogP contribution in [0.2, 0.25) is 0 Å². The van der Waals surface area contributed by atoms with Gasteiger partial charge in [0.1, 0.15) is 0 Å². The first kappa shape index (κ1) is 21.3. The first-order valence-corrected chi connectivity index (χ1v) is 12.0. The molecule has 1 aromatic heterocycles. The van der Waals surface area contributed by atoms with E-state index in [-0.39, 0.29) is 0 Å². The summed E-state index contributed by atoms with van der Waals surface area (Å²) < 4.78 is 12.5. The number of aryl methyl sites for hydroxylation is 2. The van der Waals surface area contributed by atoms with Gasteiger partial charge in [0.05, 0.1) is 23.4 Å². The van der Waals surface area contributed by atoms with Crippen molar-refractivity contribution in [1.82, 2.24) is 9.78 Å². The lowest BCUT2D eigenvalue weighted by Crippen LogP contribution is -2.13. The largest absolute Gasteiger partial charge is 0.513 e. The summed E-state index contributed by atoms with van der Waals surface area (Å²) in [6.07, 6.45) is 4.93. The molecule has 0 aliphatic heterocycles. The fourth-order valence-electron chi connectivity index (χ4n) is 4.35. The molecule has 6 heteroatoms. The lowest BCUT2D eigenvalue weighted by molar-refractivity contribution is 0.120. The number of carbonyl (C=O) groups is 1. The van der Waals surface area contributed by atoms with E-state index in [0.717, 1.165) is 56.9 Å². The van der Waals surface area contributed by atoms with E-state index in [2.05, 4.69) is 37.3 Å². The third-order valence-corrected chi connectivity index (χ3v) is 6.72. The molecule has 0 bridgehead atoms. The summed E-state index contributed by atoms with van der Waals surface area (Å²) in [6, 6.07) is 20.7. The number of hydrogen-bond donors (Lipinski definition) is 0. The van der Waals surface area contributed by atoms with E-state index in [1.165, 1.54) is 12.7 Å². The van der Waals surface area contributed by atoms with Crippen molar-refractivity contribution in [2.24, 2.45) is 0 Å². The maximum atomic E-state index is 12.2. The first-order chi connectivity index (χ1) is 16.1. The molecule has 1 heterocycles. The van der Waals surface area contributed by atoms with Crippen LogP contribution in [0, 0.1) is 6.92 Å². The van der Waals surface area contributed by atoms with Gasteiger partial charge in [0, 0.05) is 17.3 Å². The molecular formula is C27H24N2O3S.